The monoisotopic (exact) mass is 412 g/mol. The summed E-state index contributed by atoms with van der Waals surface area (Å²) in [6.07, 6.45) is 31.6. The maximum atomic E-state index is 11.3. The second-order valence-electron chi connectivity index (χ2n) is 6.10. The summed E-state index contributed by atoms with van der Waals surface area (Å²) >= 11 is 0. The van der Waals surface area contributed by atoms with E-state index in [2.05, 4.69) is 66.3 Å². The number of allylic oxidation sites excluding steroid dienone is 11. The lowest BCUT2D eigenvalue weighted by Crippen LogP contribution is -2.07. The number of ether oxygens (including phenoxy) is 1. The maximum absolute atomic E-state index is 11.3. The molecule has 0 aliphatic rings. The lowest BCUT2D eigenvalue weighted by Gasteiger charge is -1.93. The number of hydrogen-bond donors (Lipinski definition) is 1. The number of aliphatic carboxylic acids is 1. The Morgan fingerprint density at radius 1 is 0.600 bits per heavy atom. The molecule has 1 N–H and O–H groups in total. The fourth-order valence-electron chi connectivity index (χ4n) is 2.05. The summed E-state index contributed by atoms with van der Waals surface area (Å²) in [6.45, 7) is 2.13. The average molecular weight is 413 g/mol. The largest absolute Gasteiger partial charge is 0.478 e. The van der Waals surface area contributed by atoms with Crippen LogP contribution in [0, 0.1) is 0 Å². The van der Waals surface area contributed by atoms with Gasteiger partial charge in [-0.1, -0.05) is 73.8 Å². The molecule has 0 aliphatic heterocycles. The third-order valence-electron chi connectivity index (χ3n) is 3.47. The summed E-state index contributed by atoms with van der Waals surface area (Å²) in [5.41, 5.74) is 0. The van der Waals surface area contributed by atoms with E-state index in [4.69, 9.17) is 5.11 Å². The van der Waals surface area contributed by atoms with Crippen LogP contribution >= 0.6 is 0 Å². The molecule has 0 aromatic carbocycles. The maximum Gasteiger partial charge on any atom is 0.338 e. The number of carboxylic acid groups (broad SMARTS) is 1. The number of carboxylic acids is 1. The van der Waals surface area contributed by atoms with Gasteiger partial charge in [0.25, 0.3) is 0 Å². The van der Waals surface area contributed by atoms with Crippen LogP contribution in [-0.4, -0.2) is 23.0 Å². The van der Waals surface area contributed by atoms with Crippen LogP contribution in [0.2, 0.25) is 0 Å². The Morgan fingerprint density at radius 2 is 1.03 bits per heavy atom. The zero-order valence-corrected chi connectivity index (χ0v) is 17.6. The Labute approximate surface area is 179 Å². The molecular weight excluding hydrogens is 380 g/mol. The molecule has 0 aromatic heterocycles. The van der Waals surface area contributed by atoms with Crippen LogP contribution in [-0.2, 0) is 19.1 Å². The van der Waals surface area contributed by atoms with E-state index >= 15 is 0 Å². The molecule has 0 saturated carbocycles. The summed E-state index contributed by atoms with van der Waals surface area (Å²) in [5, 5.41) is 8.36. The highest BCUT2D eigenvalue weighted by Crippen LogP contribution is 1.98. The van der Waals surface area contributed by atoms with Crippen molar-refractivity contribution in [2.45, 2.75) is 51.9 Å². The molecule has 0 atom stereocenters. The van der Waals surface area contributed by atoms with Gasteiger partial charge in [-0.15, -0.1) is 0 Å². The van der Waals surface area contributed by atoms with Gasteiger partial charge in [0.2, 0.25) is 0 Å². The zero-order valence-electron chi connectivity index (χ0n) is 17.6. The number of carbonyl (C=O) groups excluding carboxylic acids is 2. The van der Waals surface area contributed by atoms with E-state index in [1.54, 1.807) is 6.08 Å². The molecule has 30 heavy (non-hydrogen) atoms. The SMILES string of the molecule is CCC=CCC=CCC=CCC=CCC=CCC/C=C/C(=O)OC(=O)C=CC(=O)O. The normalized spacial score (nSPS) is 12.7. The zero-order chi connectivity index (χ0) is 22.3. The van der Waals surface area contributed by atoms with E-state index in [9.17, 15) is 14.4 Å². The second kappa shape index (κ2) is 20.5. The fraction of sp³-hybridized carbons (Fsp3) is 0.320. The van der Waals surface area contributed by atoms with Crippen molar-refractivity contribution in [3.8, 4) is 0 Å². The molecule has 0 aliphatic carbocycles. The van der Waals surface area contributed by atoms with Crippen LogP contribution in [0.4, 0.5) is 0 Å². The Morgan fingerprint density at radius 3 is 1.53 bits per heavy atom. The number of unbranched alkanes of at least 4 members (excludes halogenated alkanes) is 1. The van der Waals surface area contributed by atoms with Gasteiger partial charge in [0.15, 0.2) is 0 Å². The van der Waals surface area contributed by atoms with E-state index in [1.807, 2.05) is 6.08 Å². The van der Waals surface area contributed by atoms with Gasteiger partial charge >= 0.3 is 17.9 Å². The number of carbonyl (C=O) groups is 3. The second-order valence-corrected chi connectivity index (χ2v) is 6.10. The summed E-state index contributed by atoms with van der Waals surface area (Å²) < 4.78 is 4.38. The molecule has 0 amide bonds. The first-order valence-corrected chi connectivity index (χ1v) is 10.1. The summed E-state index contributed by atoms with van der Waals surface area (Å²) in [4.78, 5) is 32.6. The van der Waals surface area contributed by atoms with Gasteiger partial charge < -0.3 is 9.84 Å². The Bertz CT molecular complexity index is 703. The van der Waals surface area contributed by atoms with Crippen LogP contribution < -0.4 is 0 Å². The van der Waals surface area contributed by atoms with Crippen LogP contribution in [0.15, 0.2) is 85.1 Å². The molecule has 162 valence electrons. The van der Waals surface area contributed by atoms with Crippen molar-refractivity contribution in [1.29, 1.82) is 0 Å². The van der Waals surface area contributed by atoms with E-state index in [1.165, 1.54) is 0 Å². The van der Waals surface area contributed by atoms with Crippen LogP contribution in [0.25, 0.3) is 0 Å². The first-order chi connectivity index (χ1) is 14.6. The number of rotatable bonds is 15. The minimum Gasteiger partial charge on any atom is -0.478 e. The fourth-order valence-corrected chi connectivity index (χ4v) is 2.05. The number of esters is 2. The molecule has 5 nitrogen and oxygen atoms in total. The van der Waals surface area contributed by atoms with Crippen molar-refractivity contribution in [2.24, 2.45) is 0 Å². The smallest absolute Gasteiger partial charge is 0.338 e. The van der Waals surface area contributed by atoms with E-state index in [0.29, 0.717) is 18.6 Å². The van der Waals surface area contributed by atoms with Gasteiger partial charge in [-0.2, -0.15) is 0 Å². The van der Waals surface area contributed by atoms with E-state index in [-0.39, 0.29) is 0 Å². The standard InChI is InChI=1S/C25H32O5/c1-2-3-4-5-6-7-8-9-10-11-12-13-14-15-16-17-18-19-20-24(28)30-25(29)22-21-23(26)27/h3-4,6-7,9-10,12-13,15-16,19-22H,2,5,8,11,14,17-18H2,1H3,(H,26,27)/b4-3?,7-6?,10-9?,13-12?,16-15?,20-19+,22-21?. The van der Waals surface area contributed by atoms with Crippen LogP contribution in [0.1, 0.15) is 51.9 Å². The molecule has 0 radical (unpaired) electrons. The lowest BCUT2D eigenvalue weighted by molar-refractivity contribution is -0.152. The molecule has 0 unspecified atom stereocenters. The van der Waals surface area contributed by atoms with Crippen molar-refractivity contribution in [3.63, 3.8) is 0 Å². The molecular formula is C25H32O5. The van der Waals surface area contributed by atoms with E-state index < -0.39 is 17.9 Å². The van der Waals surface area contributed by atoms with Crippen LogP contribution in [0.3, 0.4) is 0 Å². The summed E-state index contributed by atoms with van der Waals surface area (Å²) in [6, 6.07) is 0. The lowest BCUT2D eigenvalue weighted by atomic mass is 10.2. The Kier molecular flexibility index (Phi) is 18.3. The molecule has 0 fully saturated rings. The quantitative estimate of drug-likeness (QED) is 0.121. The molecule has 0 rings (SSSR count). The molecule has 5 heteroatoms. The number of hydrogen-bond acceptors (Lipinski definition) is 4. The van der Waals surface area contributed by atoms with Crippen molar-refractivity contribution in [2.75, 3.05) is 0 Å². The van der Waals surface area contributed by atoms with Crippen molar-refractivity contribution >= 4 is 17.9 Å². The predicted molar refractivity (Wildman–Crippen MR) is 121 cm³/mol. The Hall–Kier alpha value is -3.21. The van der Waals surface area contributed by atoms with Gasteiger partial charge in [0.05, 0.1) is 0 Å². The average Bonchev–Trinajstić information content (AvgIpc) is 2.71. The van der Waals surface area contributed by atoms with Gasteiger partial charge in [0, 0.05) is 18.2 Å². The molecule has 0 spiro atoms. The van der Waals surface area contributed by atoms with Gasteiger partial charge in [0.1, 0.15) is 0 Å². The summed E-state index contributed by atoms with van der Waals surface area (Å²) in [5.74, 6) is -3.12. The van der Waals surface area contributed by atoms with Crippen molar-refractivity contribution in [1.82, 2.24) is 0 Å². The third kappa shape index (κ3) is 21.1. The Balaban J connectivity index is 3.74. The third-order valence-corrected chi connectivity index (χ3v) is 3.47. The highest BCUT2D eigenvalue weighted by Gasteiger charge is 2.03. The first kappa shape index (κ1) is 26.8. The van der Waals surface area contributed by atoms with Gasteiger partial charge in [-0.25, -0.2) is 14.4 Å². The molecule has 0 aromatic rings. The summed E-state index contributed by atoms with van der Waals surface area (Å²) in [7, 11) is 0. The van der Waals surface area contributed by atoms with Gasteiger partial charge in [-0.3, -0.25) is 0 Å². The molecule has 0 heterocycles. The first-order valence-electron chi connectivity index (χ1n) is 10.1. The minimum absolute atomic E-state index is 0.612. The highest BCUT2D eigenvalue weighted by molar-refractivity contribution is 5.98. The minimum atomic E-state index is -1.29. The molecule has 0 bridgehead atoms. The predicted octanol–water partition coefficient (Wildman–Crippen LogP) is 5.78. The van der Waals surface area contributed by atoms with Crippen molar-refractivity contribution in [3.05, 3.63) is 85.1 Å². The topological polar surface area (TPSA) is 80.7 Å². The van der Waals surface area contributed by atoms with Crippen molar-refractivity contribution < 1.29 is 24.2 Å². The van der Waals surface area contributed by atoms with Crippen LogP contribution in [0.5, 0.6) is 0 Å². The highest BCUT2D eigenvalue weighted by atomic mass is 16.6. The van der Waals surface area contributed by atoms with Gasteiger partial charge in [-0.05, 0) is 44.9 Å². The van der Waals surface area contributed by atoms with E-state index in [0.717, 1.165) is 44.6 Å². The molecule has 0 saturated heterocycles.